The third-order valence-electron chi connectivity index (χ3n) is 4.10. The van der Waals surface area contributed by atoms with E-state index >= 15 is 0 Å². The second-order valence-corrected chi connectivity index (χ2v) is 6.30. The summed E-state index contributed by atoms with van der Waals surface area (Å²) in [5.41, 5.74) is 0.583. The lowest BCUT2D eigenvalue weighted by Gasteiger charge is -2.26. The summed E-state index contributed by atoms with van der Waals surface area (Å²) >= 11 is 5.90. The highest BCUT2D eigenvalue weighted by molar-refractivity contribution is 6.30. The highest BCUT2D eigenvalue weighted by Gasteiger charge is 2.37. The van der Waals surface area contributed by atoms with E-state index in [0.717, 1.165) is 31.2 Å². The van der Waals surface area contributed by atoms with Gasteiger partial charge in [-0.25, -0.2) is 0 Å². The minimum Gasteiger partial charge on any atom is -0.481 e. The molecule has 1 aliphatic rings. The summed E-state index contributed by atoms with van der Waals surface area (Å²) < 4.78 is 0. The zero-order chi connectivity index (χ0) is 15.3. The Labute approximate surface area is 129 Å². The van der Waals surface area contributed by atoms with Gasteiger partial charge in [-0.3, -0.25) is 9.59 Å². The van der Waals surface area contributed by atoms with Gasteiger partial charge in [0.05, 0.1) is 6.42 Å². The lowest BCUT2D eigenvalue weighted by atomic mass is 9.79. The number of amides is 1. The first kappa shape index (κ1) is 15.8. The van der Waals surface area contributed by atoms with E-state index in [1.165, 1.54) is 0 Å². The highest BCUT2D eigenvalue weighted by Crippen LogP contribution is 2.44. The molecule has 0 atom stereocenters. The smallest absolute Gasteiger partial charge is 0.303 e. The molecule has 0 bridgehead atoms. The normalized spacial score (nSPS) is 16.6. The van der Waals surface area contributed by atoms with Crippen molar-refractivity contribution < 1.29 is 14.7 Å². The molecule has 4 nitrogen and oxygen atoms in total. The second-order valence-electron chi connectivity index (χ2n) is 5.86. The Morgan fingerprint density at radius 2 is 1.95 bits per heavy atom. The average molecular weight is 310 g/mol. The number of rotatable bonds is 6. The molecule has 1 saturated carbocycles. The fourth-order valence-corrected chi connectivity index (χ4v) is 3.33. The van der Waals surface area contributed by atoms with Gasteiger partial charge < -0.3 is 10.4 Å². The molecule has 21 heavy (non-hydrogen) atoms. The van der Waals surface area contributed by atoms with Crippen molar-refractivity contribution >= 4 is 23.5 Å². The Morgan fingerprint density at radius 3 is 2.57 bits per heavy atom. The van der Waals surface area contributed by atoms with Crippen molar-refractivity contribution in [2.75, 3.05) is 0 Å². The molecule has 0 aliphatic heterocycles. The standard InChI is InChI=1S/C16H20ClNO3/c17-13-5-3-4-12(8-13)11-18-14(19)9-16(10-15(20)21)6-1-2-7-16/h3-5,8H,1-2,6-7,9-11H2,(H,18,19)(H,20,21). The summed E-state index contributed by atoms with van der Waals surface area (Å²) in [7, 11) is 0. The Kier molecular flexibility index (Phi) is 5.23. The molecule has 1 aromatic carbocycles. The number of hydrogen-bond donors (Lipinski definition) is 2. The highest BCUT2D eigenvalue weighted by atomic mass is 35.5. The van der Waals surface area contributed by atoms with Crippen LogP contribution in [0.2, 0.25) is 5.02 Å². The zero-order valence-electron chi connectivity index (χ0n) is 11.9. The molecule has 1 fully saturated rings. The minimum absolute atomic E-state index is 0.0809. The fourth-order valence-electron chi connectivity index (χ4n) is 3.11. The average Bonchev–Trinajstić information content (AvgIpc) is 2.83. The summed E-state index contributed by atoms with van der Waals surface area (Å²) in [6, 6.07) is 7.33. The third-order valence-corrected chi connectivity index (χ3v) is 4.34. The quantitative estimate of drug-likeness (QED) is 0.846. The molecule has 0 aromatic heterocycles. The van der Waals surface area contributed by atoms with E-state index < -0.39 is 5.97 Å². The summed E-state index contributed by atoms with van der Waals surface area (Å²) in [6.07, 6.45) is 4.04. The molecule has 1 amide bonds. The first-order valence-corrected chi connectivity index (χ1v) is 7.60. The van der Waals surface area contributed by atoms with Crippen LogP contribution in [0.5, 0.6) is 0 Å². The third kappa shape index (κ3) is 4.74. The van der Waals surface area contributed by atoms with Crippen LogP contribution in [-0.4, -0.2) is 17.0 Å². The molecule has 1 aliphatic carbocycles. The molecule has 1 aromatic rings. The molecule has 2 N–H and O–H groups in total. The van der Waals surface area contributed by atoms with Gasteiger partial charge in [0.25, 0.3) is 0 Å². The van der Waals surface area contributed by atoms with Crippen LogP contribution in [0.25, 0.3) is 0 Å². The maximum absolute atomic E-state index is 12.1. The number of halogens is 1. The van der Waals surface area contributed by atoms with Crippen molar-refractivity contribution in [2.24, 2.45) is 5.41 Å². The van der Waals surface area contributed by atoms with Crippen molar-refractivity contribution in [3.05, 3.63) is 34.9 Å². The molecule has 2 rings (SSSR count). The summed E-state index contributed by atoms with van der Waals surface area (Å²) in [5, 5.41) is 12.5. The Morgan fingerprint density at radius 1 is 1.24 bits per heavy atom. The Bertz CT molecular complexity index is 524. The molecule has 0 unspecified atom stereocenters. The fraction of sp³-hybridized carbons (Fsp3) is 0.500. The maximum Gasteiger partial charge on any atom is 0.303 e. The van der Waals surface area contributed by atoms with Gasteiger partial charge in [0.15, 0.2) is 0 Å². The van der Waals surface area contributed by atoms with E-state index in [2.05, 4.69) is 5.32 Å². The minimum atomic E-state index is -0.820. The van der Waals surface area contributed by atoms with Gasteiger partial charge in [-0.15, -0.1) is 0 Å². The zero-order valence-corrected chi connectivity index (χ0v) is 12.7. The molecular weight excluding hydrogens is 290 g/mol. The number of carbonyl (C=O) groups is 2. The van der Waals surface area contributed by atoms with Crippen LogP contribution >= 0.6 is 11.6 Å². The molecule has 0 saturated heterocycles. The van der Waals surface area contributed by atoms with Crippen LogP contribution in [-0.2, 0) is 16.1 Å². The summed E-state index contributed by atoms with van der Waals surface area (Å²) in [4.78, 5) is 23.1. The number of carboxylic acids is 1. The number of benzene rings is 1. The molecule has 0 heterocycles. The monoisotopic (exact) mass is 309 g/mol. The predicted molar refractivity (Wildman–Crippen MR) is 81.1 cm³/mol. The number of aliphatic carboxylic acids is 1. The van der Waals surface area contributed by atoms with Gasteiger partial charge in [0.1, 0.15) is 0 Å². The van der Waals surface area contributed by atoms with Crippen molar-refractivity contribution in [1.29, 1.82) is 0 Å². The van der Waals surface area contributed by atoms with Gasteiger partial charge in [0, 0.05) is 18.0 Å². The van der Waals surface area contributed by atoms with Gasteiger partial charge in [-0.05, 0) is 36.0 Å². The van der Waals surface area contributed by atoms with Crippen LogP contribution in [0.1, 0.15) is 44.1 Å². The molecule has 5 heteroatoms. The number of carbonyl (C=O) groups excluding carboxylic acids is 1. The van der Waals surface area contributed by atoms with E-state index in [4.69, 9.17) is 16.7 Å². The first-order valence-electron chi connectivity index (χ1n) is 7.22. The van der Waals surface area contributed by atoms with Crippen LogP contribution in [0.15, 0.2) is 24.3 Å². The SMILES string of the molecule is O=C(O)CC1(CC(=O)NCc2cccc(Cl)c2)CCCC1. The van der Waals surface area contributed by atoms with Crippen LogP contribution in [0.3, 0.4) is 0 Å². The second kappa shape index (κ2) is 6.94. The van der Waals surface area contributed by atoms with E-state index in [9.17, 15) is 9.59 Å². The van der Waals surface area contributed by atoms with E-state index in [1.54, 1.807) is 6.07 Å². The van der Waals surface area contributed by atoms with Gasteiger partial charge in [0.2, 0.25) is 5.91 Å². The van der Waals surface area contributed by atoms with Crippen LogP contribution in [0.4, 0.5) is 0 Å². The van der Waals surface area contributed by atoms with Gasteiger partial charge in [-0.2, -0.15) is 0 Å². The maximum atomic E-state index is 12.1. The predicted octanol–water partition coefficient (Wildman–Crippen LogP) is 3.38. The van der Waals surface area contributed by atoms with E-state index in [-0.39, 0.29) is 17.7 Å². The topological polar surface area (TPSA) is 66.4 Å². The number of nitrogens with one attached hydrogen (secondary N) is 1. The molecule has 114 valence electrons. The largest absolute Gasteiger partial charge is 0.481 e. The van der Waals surface area contributed by atoms with Crippen molar-refractivity contribution in [3.63, 3.8) is 0 Å². The van der Waals surface area contributed by atoms with Crippen molar-refractivity contribution in [3.8, 4) is 0 Å². The first-order chi connectivity index (χ1) is 9.99. The van der Waals surface area contributed by atoms with Crippen molar-refractivity contribution in [2.45, 2.75) is 45.1 Å². The van der Waals surface area contributed by atoms with E-state index in [1.807, 2.05) is 18.2 Å². The number of carboxylic acid groups (broad SMARTS) is 1. The Hall–Kier alpha value is -1.55. The molecule has 0 spiro atoms. The van der Waals surface area contributed by atoms with E-state index in [0.29, 0.717) is 18.0 Å². The van der Waals surface area contributed by atoms with Crippen molar-refractivity contribution in [1.82, 2.24) is 5.32 Å². The lowest BCUT2D eigenvalue weighted by molar-refractivity contribution is -0.140. The van der Waals surface area contributed by atoms with Gasteiger partial charge >= 0.3 is 5.97 Å². The Balaban J connectivity index is 1.89. The summed E-state index contributed by atoms with van der Waals surface area (Å²) in [6.45, 7) is 0.419. The van der Waals surface area contributed by atoms with Crippen LogP contribution in [0, 0.1) is 5.41 Å². The van der Waals surface area contributed by atoms with Crippen LogP contribution < -0.4 is 5.32 Å². The summed E-state index contributed by atoms with van der Waals surface area (Å²) in [5.74, 6) is -0.905. The van der Waals surface area contributed by atoms with Gasteiger partial charge in [-0.1, -0.05) is 36.6 Å². The molecule has 0 radical (unpaired) electrons. The lowest BCUT2D eigenvalue weighted by Crippen LogP contribution is -2.31. The molecular formula is C16H20ClNO3. The number of hydrogen-bond acceptors (Lipinski definition) is 2.